The quantitative estimate of drug-likeness (QED) is 0.787. The first-order valence-electron chi connectivity index (χ1n) is 6.98. The molecule has 2 fully saturated rings. The first-order chi connectivity index (χ1) is 9.79. The van der Waals surface area contributed by atoms with Crippen LogP contribution in [0.15, 0.2) is 30.3 Å². The molecule has 2 atom stereocenters. The van der Waals surface area contributed by atoms with Crippen LogP contribution in [0.5, 0.6) is 0 Å². The number of amides is 2. The summed E-state index contributed by atoms with van der Waals surface area (Å²) in [6, 6.07) is 9.96. The highest BCUT2D eigenvalue weighted by molar-refractivity contribution is 5.69. The van der Waals surface area contributed by atoms with Crippen molar-refractivity contribution >= 4 is 12.5 Å². The lowest BCUT2D eigenvalue weighted by Gasteiger charge is -2.23. The van der Waals surface area contributed by atoms with E-state index in [1.165, 1.54) is 0 Å². The van der Waals surface area contributed by atoms with Crippen molar-refractivity contribution in [3.63, 3.8) is 0 Å². The number of hydrogen-bond donors (Lipinski definition) is 0. The Bertz CT molecular complexity index is 491. The molecule has 2 saturated heterocycles. The molecule has 0 unspecified atom stereocenters. The highest BCUT2D eigenvalue weighted by Crippen LogP contribution is 2.31. The van der Waals surface area contributed by atoms with E-state index in [0.717, 1.165) is 31.4 Å². The van der Waals surface area contributed by atoms with E-state index in [2.05, 4.69) is 0 Å². The van der Waals surface area contributed by atoms with Crippen molar-refractivity contribution in [1.29, 1.82) is 0 Å². The second-order valence-corrected chi connectivity index (χ2v) is 5.29. The van der Waals surface area contributed by atoms with Gasteiger partial charge in [0, 0.05) is 13.1 Å². The molecule has 0 radical (unpaired) electrons. The summed E-state index contributed by atoms with van der Waals surface area (Å²) in [5, 5.41) is 0. The molecule has 0 bridgehead atoms. The van der Waals surface area contributed by atoms with Gasteiger partial charge >= 0.3 is 6.09 Å². The van der Waals surface area contributed by atoms with Gasteiger partial charge in [0.2, 0.25) is 6.41 Å². The van der Waals surface area contributed by atoms with Crippen LogP contribution in [0, 0.1) is 0 Å². The van der Waals surface area contributed by atoms with Crippen molar-refractivity contribution in [2.45, 2.75) is 31.5 Å². The number of ether oxygens (including phenoxy) is 1. The number of hydrogen-bond acceptors (Lipinski definition) is 3. The fraction of sp³-hybridized carbons (Fsp3) is 0.467. The fourth-order valence-electron chi connectivity index (χ4n) is 3.18. The third kappa shape index (κ3) is 2.35. The Hall–Kier alpha value is -2.04. The van der Waals surface area contributed by atoms with Crippen LogP contribution < -0.4 is 0 Å². The average molecular weight is 274 g/mol. The Morgan fingerprint density at radius 3 is 2.70 bits per heavy atom. The molecule has 5 heteroatoms. The third-order valence-electron chi connectivity index (χ3n) is 4.19. The second-order valence-electron chi connectivity index (χ2n) is 5.29. The Balaban J connectivity index is 1.57. The van der Waals surface area contributed by atoms with E-state index in [-0.39, 0.29) is 18.2 Å². The summed E-state index contributed by atoms with van der Waals surface area (Å²) in [6.45, 7) is 1.71. The highest BCUT2D eigenvalue weighted by atomic mass is 16.6. The molecule has 2 aliphatic heterocycles. The van der Waals surface area contributed by atoms with Gasteiger partial charge in [-0.15, -0.1) is 0 Å². The Morgan fingerprint density at radius 1 is 1.20 bits per heavy atom. The van der Waals surface area contributed by atoms with Gasteiger partial charge in [-0.3, -0.25) is 4.79 Å². The maximum absolute atomic E-state index is 12.2. The zero-order chi connectivity index (χ0) is 13.9. The van der Waals surface area contributed by atoms with Crippen LogP contribution in [0.4, 0.5) is 4.79 Å². The van der Waals surface area contributed by atoms with Gasteiger partial charge in [-0.1, -0.05) is 30.3 Å². The van der Waals surface area contributed by atoms with Crippen molar-refractivity contribution in [2.24, 2.45) is 0 Å². The molecule has 0 N–H and O–H groups in total. The highest BCUT2D eigenvalue weighted by Gasteiger charge is 2.44. The van der Waals surface area contributed by atoms with Crippen LogP contribution in [-0.2, 0) is 16.1 Å². The summed E-state index contributed by atoms with van der Waals surface area (Å²) in [5.74, 6) is 0. The molecule has 1 aromatic rings. The van der Waals surface area contributed by atoms with Crippen LogP contribution in [0.25, 0.3) is 0 Å². The Labute approximate surface area is 118 Å². The predicted molar refractivity (Wildman–Crippen MR) is 72.9 cm³/mol. The van der Waals surface area contributed by atoms with Crippen molar-refractivity contribution in [2.75, 3.05) is 13.1 Å². The normalized spacial score (nSPS) is 24.6. The van der Waals surface area contributed by atoms with Crippen LogP contribution in [0.2, 0.25) is 0 Å². The molecule has 106 valence electrons. The zero-order valence-corrected chi connectivity index (χ0v) is 11.3. The number of likely N-dealkylation sites (tertiary alicyclic amines) is 2. The molecule has 5 nitrogen and oxygen atoms in total. The first kappa shape index (κ1) is 13.0. The lowest BCUT2D eigenvalue weighted by molar-refractivity contribution is -0.118. The fourth-order valence-corrected chi connectivity index (χ4v) is 3.18. The number of nitrogens with zero attached hydrogens (tertiary/aromatic N) is 2. The number of benzene rings is 1. The molecule has 2 amide bonds. The number of carbonyl (C=O) groups is 2. The van der Waals surface area contributed by atoms with Gasteiger partial charge < -0.3 is 14.5 Å². The summed E-state index contributed by atoms with van der Waals surface area (Å²) in [4.78, 5) is 26.7. The molecule has 0 aromatic heterocycles. The molecule has 0 aliphatic carbocycles. The van der Waals surface area contributed by atoms with Gasteiger partial charge in [-0.25, -0.2) is 4.79 Å². The van der Waals surface area contributed by atoms with E-state index in [1.54, 1.807) is 9.80 Å². The maximum Gasteiger partial charge on any atom is 0.410 e. The standard InChI is InChI=1S/C15H18N2O3/c18-11-16-8-6-14-13(16)7-9-17(14)15(19)20-10-12-4-2-1-3-5-12/h1-5,11,13-14H,6-10H2/t13-,14-/m1/s1. The summed E-state index contributed by atoms with van der Waals surface area (Å²) >= 11 is 0. The molecule has 2 aliphatic rings. The largest absolute Gasteiger partial charge is 0.445 e. The summed E-state index contributed by atoms with van der Waals surface area (Å²) < 4.78 is 5.37. The molecule has 0 spiro atoms. The number of fused-ring (bicyclic) bond motifs is 1. The predicted octanol–water partition coefficient (Wildman–Crippen LogP) is 1.63. The van der Waals surface area contributed by atoms with Crippen molar-refractivity contribution < 1.29 is 14.3 Å². The molecule has 0 saturated carbocycles. The van der Waals surface area contributed by atoms with Gasteiger partial charge in [-0.2, -0.15) is 0 Å². The third-order valence-corrected chi connectivity index (χ3v) is 4.19. The molecule has 3 rings (SSSR count). The molecule has 1 aromatic carbocycles. The Kier molecular flexibility index (Phi) is 3.58. The van der Waals surface area contributed by atoms with E-state index in [1.807, 2.05) is 30.3 Å². The maximum atomic E-state index is 12.2. The summed E-state index contributed by atoms with van der Waals surface area (Å²) in [7, 11) is 0. The van der Waals surface area contributed by atoms with Crippen LogP contribution in [-0.4, -0.2) is 47.5 Å². The lowest BCUT2D eigenvalue weighted by Crippen LogP contribution is -2.39. The van der Waals surface area contributed by atoms with Crippen molar-refractivity contribution in [1.82, 2.24) is 9.80 Å². The van der Waals surface area contributed by atoms with E-state index in [9.17, 15) is 9.59 Å². The van der Waals surface area contributed by atoms with E-state index >= 15 is 0 Å². The molecular formula is C15H18N2O3. The number of carbonyl (C=O) groups excluding carboxylic acids is 2. The van der Waals surface area contributed by atoms with E-state index in [0.29, 0.717) is 13.2 Å². The monoisotopic (exact) mass is 274 g/mol. The SMILES string of the molecule is O=CN1CC[C@@H]2[C@H]1CCN2C(=O)OCc1ccccc1. The second kappa shape index (κ2) is 5.53. The van der Waals surface area contributed by atoms with Crippen LogP contribution in [0.1, 0.15) is 18.4 Å². The first-order valence-corrected chi connectivity index (χ1v) is 6.98. The van der Waals surface area contributed by atoms with Gasteiger partial charge in [0.15, 0.2) is 0 Å². The van der Waals surface area contributed by atoms with Crippen molar-refractivity contribution in [3.05, 3.63) is 35.9 Å². The minimum atomic E-state index is -0.269. The topological polar surface area (TPSA) is 49.9 Å². The average Bonchev–Trinajstić information content (AvgIpc) is 3.07. The van der Waals surface area contributed by atoms with Crippen LogP contribution in [0.3, 0.4) is 0 Å². The van der Waals surface area contributed by atoms with Crippen molar-refractivity contribution in [3.8, 4) is 0 Å². The Morgan fingerprint density at radius 2 is 1.95 bits per heavy atom. The van der Waals surface area contributed by atoms with E-state index in [4.69, 9.17) is 4.74 Å². The summed E-state index contributed by atoms with van der Waals surface area (Å²) in [6.07, 6.45) is 2.33. The minimum absolute atomic E-state index is 0.128. The van der Waals surface area contributed by atoms with Gasteiger partial charge in [0.1, 0.15) is 6.61 Å². The van der Waals surface area contributed by atoms with Gasteiger partial charge in [0.25, 0.3) is 0 Å². The molecular weight excluding hydrogens is 256 g/mol. The molecule has 20 heavy (non-hydrogen) atoms. The molecule has 2 heterocycles. The van der Waals surface area contributed by atoms with E-state index < -0.39 is 0 Å². The lowest BCUT2D eigenvalue weighted by atomic mass is 10.1. The number of rotatable bonds is 3. The van der Waals surface area contributed by atoms with Gasteiger partial charge in [-0.05, 0) is 18.4 Å². The smallest absolute Gasteiger partial charge is 0.410 e. The van der Waals surface area contributed by atoms with Crippen LogP contribution >= 0.6 is 0 Å². The summed E-state index contributed by atoms with van der Waals surface area (Å²) in [5.41, 5.74) is 0.984. The van der Waals surface area contributed by atoms with Gasteiger partial charge in [0.05, 0.1) is 12.1 Å². The minimum Gasteiger partial charge on any atom is -0.445 e. The zero-order valence-electron chi connectivity index (χ0n) is 11.3.